The molecule has 0 bridgehead atoms. The molecule has 0 aliphatic rings. The van der Waals surface area contributed by atoms with Gasteiger partial charge in [-0.1, -0.05) is 0 Å². The van der Waals surface area contributed by atoms with Gasteiger partial charge in [0.05, 0.1) is 34.6 Å². The number of nitrogens with zero attached hydrogens (tertiary/aromatic N) is 4. The van der Waals surface area contributed by atoms with Crippen molar-refractivity contribution in [3.8, 4) is 22.2 Å². The van der Waals surface area contributed by atoms with E-state index in [1.54, 1.807) is 12.3 Å². The second kappa shape index (κ2) is 11.5. The van der Waals surface area contributed by atoms with Crippen molar-refractivity contribution in [1.29, 1.82) is 0 Å². The molecule has 0 fully saturated rings. The predicted octanol–water partition coefficient (Wildman–Crippen LogP) is 4.74. The number of carbonyl (C=O) groups is 2. The normalized spacial score (nSPS) is 10.9. The van der Waals surface area contributed by atoms with Crippen LogP contribution in [0.3, 0.4) is 0 Å². The number of carbonyl (C=O) groups excluding carboxylic acids is 2. The van der Waals surface area contributed by atoms with Crippen LogP contribution in [0.2, 0.25) is 0 Å². The van der Waals surface area contributed by atoms with E-state index in [9.17, 15) is 14.0 Å². The molecule has 2 N–H and O–H groups in total. The van der Waals surface area contributed by atoms with Gasteiger partial charge in [-0.25, -0.2) is 24.1 Å². The molecule has 0 unspecified atom stereocenters. The van der Waals surface area contributed by atoms with Crippen LogP contribution >= 0.6 is 11.3 Å². The van der Waals surface area contributed by atoms with E-state index in [1.807, 2.05) is 19.1 Å². The second-order valence-corrected chi connectivity index (χ2v) is 9.51. The maximum atomic E-state index is 14.8. The van der Waals surface area contributed by atoms with E-state index in [4.69, 9.17) is 14.2 Å². The summed E-state index contributed by atoms with van der Waals surface area (Å²) in [5.74, 6) is -0.564. The molecule has 2 amide bonds. The van der Waals surface area contributed by atoms with Crippen molar-refractivity contribution in [3.05, 3.63) is 65.9 Å². The first-order valence-electron chi connectivity index (χ1n) is 12.0. The van der Waals surface area contributed by atoms with Gasteiger partial charge in [-0.05, 0) is 36.8 Å². The van der Waals surface area contributed by atoms with Crippen LogP contribution in [0.5, 0.6) is 11.6 Å². The van der Waals surface area contributed by atoms with E-state index in [0.717, 1.165) is 11.1 Å². The molecule has 5 rings (SSSR count). The smallest absolute Gasteiger partial charge is 0.411 e. The minimum atomic E-state index is -0.758. The summed E-state index contributed by atoms with van der Waals surface area (Å²) in [4.78, 5) is 41.3. The van der Waals surface area contributed by atoms with Crippen molar-refractivity contribution in [1.82, 2.24) is 25.3 Å². The van der Waals surface area contributed by atoms with Crippen molar-refractivity contribution in [2.45, 2.75) is 6.92 Å². The Morgan fingerprint density at radius 3 is 2.70 bits per heavy atom. The van der Waals surface area contributed by atoms with Crippen molar-refractivity contribution < 1.29 is 28.2 Å². The van der Waals surface area contributed by atoms with Gasteiger partial charge in [0.25, 0.3) is 5.91 Å². The Labute approximate surface area is 231 Å². The fourth-order valence-corrected chi connectivity index (χ4v) is 4.86. The van der Waals surface area contributed by atoms with Gasteiger partial charge in [-0.3, -0.25) is 15.1 Å². The van der Waals surface area contributed by atoms with Gasteiger partial charge in [-0.15, -0.1) is 11.3 Å². The summed E-state index contributed by atoms with van der Waals surface area (Å²) in [5, 5.41) is 5.62. The minimum Gasteiger partial charge on any atom is -0.487 e. The Morgan fingerprint density at radius 2 is 1.90 bits per heavy atom. The number of benzene rings is 2. The molecule has 2 aromatic carbocycles. The SMILES string of the molecule is CNC(=O)c1cc(NC(=O)OCCOc2cc3sc(-c4cc(C)cc5nc(OC)cnc45)nc3cc2F)ccn1. The molecular formula is C27H23FN6O5S. The maximum absolute atomic E-state index is 14.8. The molecule has 11 nitrogen and oxygen atoms in total. The van der Waals surface area contributed by atoms with Crippen LogP contribution in [0, 0.1) is 12.7 Å². The van der Waals surface area contributed by atoms with E-state index < -0.39 is 11.9 Å². The molecule has 3 aromatic heterocycles. The van der Waals surface area contributed by atoms with E-state index in [-0.39, 0.29) is 30.6 Å². The summed E-state index contributed by atoms with van der Waals surface area (Å²) in [6.45, 7) is 1.73. The summed E-state index contributed by atoms with van der Waals surface area (Å²) in [6.07, 6.45) is 2.17. The number of halogens is 1. The number of ether oxygens (including phenoxy) is 3. The first kappa shape index (κ1) is 26.7. The van der Waals surface area contributed by atoms with Gasteiger partial charge in [0.2, 0.25) is 5.88 Å². The van der Waals surface area contributed by atoms with E-state index in [0.29, 0.717) is 37.8 Å². The first-order chi connectivity index (χ1) is 19.3. The molecule has 13 heteroatoms. The molecule has 0 atom stereocenters. The van der Waals surface area contributed by atoms with Crippen LogP contribution in [0.1, 0.15) is 16.1 Å². The highest BCUT2D eigenvalue weighted by Crippen LogP contribution is 2.37. The van der Waals surface area contributed by atoms with Crippen molar-refractivity contribution in [3.63, 3.8) is 0 Å². The fourth-order valence-electron chi connectivity index (χ4n) is 3.87. The predicted molar refractivity (Wildman–Crippen MR) is 147 cm³/mol. The van der Waals surface area contributed by atoms with Crippen LogP contribution in [0.25, 0.3) is 31.8 Å². The quantitative estimate of drug-likeness (QED) is 0.257. The third-order valence-electron chi connectivity index (χ3n) is 5.69. The van der Waals surface area contributed by atoms with Gasteiger partial charge in [0.1, 0.15) is 23.9 Å². The zero-order valence-corrected chi connectivity index (χ0v) is 22.5. The maximum Gasteiger partial charge on any atom is 0.411 e. The topological polar surface area (TPSA) is 137 Å². The fraction of sp³-hybridized carbons (Fsp3) is 0.185. The van der Waals surface area contributed by atoms with Crippen molar-refractivity contribution in [2.24, 2.45) is 0 Å². The van der Waals surface area contributed by atoms with Crippen molar-refractivity contribution in [2.75, 3.05) is 32.7 Å². The Bertz CT molecular complexity index is 1740. The third kappa shape index (κ3) is 5.73. The average molecular weight is 563 g/mol. The summed E-state index contributed by atoms with van der Waals surface area (Å²) < 4.78 is 31.3. The standard InChI is InChI=1S/C27H23FN6O5S/c1-14-8-16(24-19(9-14)33-23(37-3)13-31-24)26-34-18-11-17(28)21(12-22(18)40-26)38-6-7-39-27(36)32-15-4-5-30-20(10-15)25(35)29-2/h4-5,8-13H,6-7H2,1-3H3,(H,29,35)(H,30,32,36). The number of amides is 2. The molecule has 204 valence electrons. The molecule has 0 aliphatic heterocycles. The largest absolute Gasteiger partial charge is 0.487 e. The van der Waals surface area contributed by atoms with Gasteiger partial charge in [-0.2, -0.15) is 0 Å². The molecule has 40 heavy (non-hydrogen) atoms. The van der Waals surface area contributed by atoms with Crippen LogP contribution in [-0.4, -0.2) is 59.3 Å². The second-order valence-electron chi connectivity index (χ2n) is 8.48. The minimum absolute atomic E-state index is 0.00897. The highest BCUT2D eigenvalue weighted by atomic mass is 32.1. The molecule has 0 saturated heterocycles. The lowest BCUT2D eigenvalue weighted by atomic mass is 10.1. The Balaban J connectivity index is 1.25. The number of methoxy groups -OCH3 is 1. The number of aryl methyl sites for hydroxylation is 1. The van der Waals surface area contributed by atoms with Gasteiger partial charge < -0.3 is 19.5 Å². The summed E-state index contributed by atoms with van der Waals surface area (Å²) in [7, 11) is 3.01. The number of nitrogens with one attached hydrogen (secondary N) is 2. The average Bonchev–Trinajstić information content (AvgIpc) is 3.36. The van der Waals surface area contributed by atoms with Crippen LogP contribution in [0.4, 0.5) is 14.9 Å². The zero-order valence-electron chi connectivity index (χ0n) is 21.6. The molecule has 3 heterocycles. The van der Waals surface area contributed by atoms with Gasteiger partial charge in [0.15, 0.2) is 11.6 Å². The Morgan fingerprint density at radius 1 is 1.05 bits per heavy atom. The van der Waals surface area contributed by atoms with Crippen LogP contribution in [-0.2, 0) is 4.74 Å². The molecule has 0 aliphatic carbocycles. The third-order valence-corrected chi connectivity index (χ3v) is 6.74. The number of rotatable bonds is 8. The number of hydrogen-bond donors (Lipinski definition) is 2. The lowest BCUT2D eigenvalue weighted by Gasteiger charge is -2.09. The zero-order chi connectivity index (χ0) is 28.2. The highest BCUT2D eigenvalue weighted by Gasteiger charge is 2.16. The monoisotopic (exact) mass is 562 g/mol. The van der Waals surface area contributed by atoms with Gasteiger partial charge in [0, 0.05) is 36.6 Å². The number of fused-ring (bicyclic) bond motifs is 2. The van der Waals surface area contributed by atoms with Crippen molar-refractivity contribution >= 4 is 50.3 Å². The molecule has 0 spiro atoms. The van der Waals surface area contributed by atoms with E-state index in [2.05, 4.69) is 30.6 Å². The van der Waals surface area contributed by atoms with E-state index >= 15 is 0 Å². The molecule has 5 aromatic rings. The summed E-state index contributed by atoms with van der Waals surface area (Å²) in [6, 6.07) is 9.67. The summed E-state index contributed by atoms with van der Waals surface area (Å²) >= 11 is 1.37. The first-order valence-corrected chi connectivity index (χ1v) is 12.8. The highest BCUT2D eigenvalue weighted by molar-refractivity contribution is 7.21. The Hall–Kier alpha value is -4.91. The lowest BCUT2D eigenvalue weighted by Crippen LogP contribution is -2.20. The van der Waals surface area contributed by atoms with Gasteiger partial charge >= 0.3 is 6.09 Å². The number of hydrogen-bond acceptors (Lipinski definition) is 10. The number of pyridine rings is 1. The van der Waals surface area contributed by atoms with Crippen LogP contribution in [0.15, 0.2) is 48.8 Å². The summed E-state index contributed by atoms with van der Waals surface area (Å²) in [5.41, 5.74) is 4.04. The number of anilines is 1. The number of aromatic nitrogens is 4. The van der Waals surface area contributed by atoms with Crippen LogP contribution < -0.4 is 20.1 Å². The molecular weight excluding hydrogens is 539 g/mol. The lowest BCUT2D eigenvalue weighted by molar-refractivity contribution is 0.0958. The number of thiazole rings is 1. The molecule has 0 radical (unpaired) electrons. The Kier molecular flexibility index (Phi) is 7.64. The molecule has 0 saturated carbocycles. The van der Waals surface area contributed by atoms with E-state index in [1.165, 1.54) is 49.9 Å².